The van der Waals surface area contributed by atoms with Gasteiger partial charge in [0.05, 0.1) is 0 Å². The molecule has 0 spiro atoms. The molecule has 6 heteroatoms. The van der Waals surface area contributed by atoms with Crippen LogP contribution in [0.2, 0.25) is 0 Å². The average molecular weight is 297 g/mol. The summed E-state index contributed by atoms with van der Waals surface area (Å²) < 4.78 is 0. The van der Waals surface area contributed by atoms with E-state index in [2.05, 4.69) is 17.6 Å². The van der Waals surface area contributed by atoms with Crippen molar-refractivity contribution < 1.29 is 14.4 Å². The Hall–Kier alpha value is -1.85. The Balaban J connectivity index is 4.28. The first kappa shape index (κ1) is 19.1. The van der Waals surface area contributed by atoms with E-state index in [4.69, 9.17) is 5.73 Å². The van der Waals surface area contributed by atoms with E-state index in [1.165, 1.54) is 12.5 Å². The molecule has 0 aliphatic rings. The molecule has 4 N–H and O–H groups in total. The highest BCUT2D eigenvalue weighted by molar-refractivity contribution is 5.92. The summed E-state index contributed by atoms with van der Waals surface area (Å²) >= 11 is 0. The van der Waals surface area contributed by atoms with Gasteiger partial charge in [0.1, 0.15) is 6.04 Å². The lowest BCUT2D eigenvalue weighted by Gasteiger charge is -2.14. The highest BCUT2D eigenvalue weighted by Crippen LogP contribution is 2.05. The van der Waals surface area contributed by atoms with E-state index in [-0.39, 0.29) is 11.8 Å². The summed E-state index contributed by atoms with van der Waals surface area (Å²) in [5, 5.41) is 5.20. The second-order valence-corrected chi connectivity index (χ2v) is 4.87. The lowest BCUT2D eigenvalue weighted by molar-refractivity contribution is -0.127. The molecule has 0 saturated heterocycles. The molecule has 0 radical (unpaired) electrons. The van der Waals surface area contributed by atoms with Crippen LogP contribution in [-0.4, -0.2) is 30.3 Å². The van der Waals surface area contributed by atoms with Crippen molar-refractivity contribution in [1.29, 1.82) is 0 Å². The van der Waals surface area contributed by atoms with Crippen LogP contribution in [0, 0.1) is 0 Å². The van der Waals surface area contributed by atoms with Gasteiger partial charge in [0, 0.05) is 19.0 Å². The average Bonchev–Trinajstić information content (AvgIpc) is 2.43. The summed E-state index contributed by atoms with van der Waals surface area (Å²) in [5.41, 5.74) is 5.00. The van der Waals surface area contributed by atoms with E-state index in [1.54, 1.807) is 6.92 Å². The van der Waals surface area contributed by atoms with Crippen LogP contribution in [0.3, 0.4) is 0 Å². The number of nitrogens with two attached hydrogens (primary N) is 1. The predicted molar refractivity (Wildman–Crippen MR) is 82.3 cm³/mol. The number of likely N-dealkylation sites (N-methyl/N-ethyl adjacent to an activating group) is 1. The first-order valence-corrected chi connectivity index (χ1v) is 7.56. The van der Waals surface area contributed by atoms with Crippen molar-refractivity contribution in [2.24, 2.45) is 5.73 Å². The van der Waals surface area contributed by atoms with E-state index in [0.29, 0.717) is 13.0 Å². The Bertz CT molecular complexity index is 367. The molecule has 0 aliphatic carbocycles. The maximum Gasteiger partial charge on any atom is 0.246 e. The van der Waals surface area contributed by atoms with Crippen molar-refractivity contribution in [3.63, 3.8) is 0 Å². The molecule has 21 heavy (non-hydrogen) atoms. The van der Waals surface area contributed by atoms with Gasteiger partial charge in [-0.05, 0) is 19.4 Å². The van der Waals surface area contributed by atoms with Gasteiger partial charge in [0.2, 0.25) is 17.7 Å². The minimum Gasteiger partial charge on any atom is -0.366 e. The van der Waals surface area contributed by atoms with Crippen molar-refractivity contribution in [2.45, 2.75) is 58.4 Å². The van der Waals surface area contributed by atoms with Gasteiger partial charge >= 0.3 is 0 Å². The second-order valence-electron chi connectivity index (χ2n) is 4.87. The van der Waals surface area contributed by atoms with Gasteiger partial charge in [-0.1, -0.05) is 32.6 Å². The predicted octanol–water partition coefficient (Wildman–Crippen LogP) is 1.01. The van der Waals surface area contributed by atoms with Crippen LogP contribution in [0.5, 0.6) is 0 Å². The Morgan fingerprint density at radius 3 is 2.33 bits per heavy atom. The summed E-state index contributed by atoms with van der Waals surface area (Å²) in [6.07, 6.45) is 8.02. The Morgan fingerprint density at radius 2 is 1.76 bits per heavy atom. The molecule has 1 unspecified atom stereocenters. The molecule has 6 nitrogen and oxygen atoms in total. The van der Waals surface area contributed by atoms with Gasteiger partial charge in [-0.2, -0.15) is 0 Å². The van der Waals surface area contributed by atoms with Crippen molar-refractivity contribution >= 4 is 17.7 Å². The van der Waals surface area contributed by atoms with Crippen molar-refractivity contribution in [1.82, 2.24) is 10.6 Å². The summed E-state index contributed by atoms with van der Waals surface area (Å²) in [5.74, 6) is -1.20. The van der Waals surface area contributed by atoms with E-state index in [1.807, 2.05) is 0 Å². The molecule has 0 aliphatic heterocycles. The van der Waals surface area contributed by atoms with Crippen LogP contribution >= 0.6 is 0 Å². The molecule has 3 amide bonds. The molecular formula is C15H27N3O3. The minimum absolute atomic E-state index is 0.197. The Kier molecular flexibility index (Phi) is 10.9. The topological polar surface area (TPSA) is 101 Å². The fourth-order valence-electron chi connectivity index (χ4n) is 1.81. The quantitative estimate of drug-likeness (QED) is 0.392. The molecule has 0 fully saturated rings. The number of carbonyl (C=O) groups is 3. The standard InChI is InChI=1S/C15H27N3O3/c1-3-5-6-7-8-9-14(20)18-12(10-11-13(16)19)15(21)17-4-2/h10-12H,3-9H2,1-2H3,(H2,16,19)(H,17,21)(H,18,20)/b11-10+. The lowest BCUT2D eigenvalue weighted by Crippen LogP contribution is -2.45. The van der Waals surface area contributed by atoms with Crippen LogP contribution in [0.4, 0.5) is 0 Å². The summed E-state index contributed by atoms with van der Waals surface area (Å²) in [6, 6.07) is -0.861. The van der Waals surface area contributed by atoms with Gasteiger partial charge < -0.3 is 16.4 Å². The number of unbranched alkanes of at least 4 members (excludes halogenated alkanes) is 4. The van der Waals surface area contributed by atoms with E-state index < -0.39 is 11.9 Å². The number of amides is 3. The first-order chi connectivity index (χ1) is 10.0. The molecular weight excluding hydrogens is 270 g/mol. The molecule has 0 heterocycles. The molecule has 0 saturated carbocycles. The van der Waals surface area contributed by atoms with Gasteiger partial charge in [0.15, 0.2) is 0 Å². The number of rotatable bonds is 11. The third-order valence-electron chi connectivity index (χ3n) is 2.91. The number of primary amides is 1. The van der Waals surface area contributed by atoms with Crippen LogP contribution in [-0.2, 0) is 14.4 Å². The zero-order valence-corrected chi connectivity index (χ0v) is 13.0. The first-order valence-electron chi connectivity index (χ1n) is 7.56. The molecule has 0 bridgehead atoms. The number of hydrogen-bond donors (Lipinski definition) is 3. The molecule has 0 aromatic carbocycles. The normalized spacial score (nSPS) is 12.1. The SMILES string of the molecule is CCCCCCCC(=O)NC(/C=C/C(N)=O)C(=O)NCC. The number of nitrogens with one attached hydrogen (secondary N) is 2. The molecule has 120 valence electrons. The van der Waals surface area contributed by atoms with E-state index in [9.17, 15) is 14.4 Å². The van der Waals surface area contributed by atoms with Crippen LogP contribution in [0.25, 0.3) is 0 Å². The smallest absolute Gasteiger partial charge is 0.246 e. The molecule has 0 aromatic heterocycles. The minimum atomic E-state index is -0.861. The van der Waals surface area contributed by atoms with E-state index in [0.717, 1.165) is 31.8 Å². The highest BCUT2D eigenvalue weighted by atomic mass is 16.2. The zero-order valence-electron chi connectivity index (χ0n) is 13.0. The van der Waals surface area contributed by atoms with Gasteiger partial charge in [-0.25, -0.2) is 0 Å². The highest BCUT2D eigenvalue weighted by Gasteiger charge is 2.17. The van der Waals surface area contributed by atoms with Crippen molar-refractivity contribution in [3.8, 4) is 0 Å². The summed E-state index contributed by atoms with van der Waals surface area (Å²) in [7, 11) is 0. The molecule has 0 aromatic rings. The second kappa shape index (κ2) is 11.9. The lowest BCUT2D eigenvalue weighted by atomic mass is 10.1. The van der Waals surface area contributed by atoms with Crippen LogP contribution < -0.4 is 16.4 Å². The summed E-state index contributed by atoms with van der Waals surface area (Å²) in [6.45, 7) is 4.36. The number of hydrogen-bond acceptors (Lipinski definition) is 3. The Morgan fingerprint density at radius 1 is 1.10 bits per heavy atom. The molecule has 1 atom stereocenters. The maximum absolute atomic E-state index is 11.8. The fourth-order valence-corrected chi connectivity index (χ4v) is 1.81. The van der Waals surface area contributed by atoms with Crippen LogP contribution in [0.1, 0.15) is 52.4 Å². The van der Waals surface area contributed by atoms with E-state index >= 15 is 0 Å². The van der Waals surface area contributed by atoms with Gasteiger partial charge in [-0.3, -0.25) is 14.4 Å². The third-order valence-corrected chi connectivity index (χ3v) is 2.91. The number of carbonyl (C=O) groups excluding carboxylic acids is 3. The summed E-state index contributed by atoms with van der Waals surface area (Å²) in [4.78, 5) is 34.3. The van der Waals surface area contributed by atoms with Crippen molar-refractivity contribution in [2.75, 3.05) is 6.54 Å². The third kappa shape index (κ3) is 10.6. The van der Waals surface area contributed by atoms with Gasteiger partial charge in [0.25, 0.3) is 0 Å². The zero-order chi connectivity index (χ0) is 16.1. The largest absolute Gasteiger partial charge is 0.366 e. The fraction of sp³-hybridized carbons (Fsp3) is 0.667. The maximum atomic E-state index is 11.8. The van der Waals surface area contributed by atoms with Crippen molar-refractivity contribution in [3.05, 3.63) is 12.2 Å². The van der Waals surface area contributed by atoms with Gasteiger partial charge in [-0.15, -0.1) is 0 Å². The monoisotopic (exact) mass is 297 g/mol. The molecule has 0 rings (SSSR count). The Labute approximate surface area is 126 Å². The van der Waals surface area contributed by atoms with Crippen LogP contribution in [0.15, 0.2) is 12.2 Å².